The number of aliphatic hydroxyl groups is 1. The van der Waals surface area contributed by atoms with Crippen LogP contribution in [0.15, 0.2) is 24.3 Å². The van der Waals surface area contributed by atoms with Crippen LogP contribution in [0.2, 0.25) is 5.02 Å². The highest BCUT2D eigenvalue weighted by molar-refractivity contribution is 6.30. The molecule has 19 heavy (non-hydrogen) atoms. The van der Waals surface area contributed by atoms with Gasteiger partial charge in [0.05, 0.1) is 6.10 Å². The molecule has 106 valence electrons. The lowest BCUT2D eigenvalue weighted by molar-refractivity contribution is 0.0807. The molecule has 1 saturated heterocycles. The molecule has 4 heteroatoms. The Morgan fingerprint density at radius 3 is 2.53 bits per heavy atom. The number of hydrogen-bond donors (Lipinski definition) is 2. The van der Waals surface area contributed by atoms with E-state index in [9.17, 15) is 5.11 Å². The van der Waals surface area contributed by atoms with E-state index < -0.39 is 0 Å². The fourth-order valence-electron chi connectivity index (χ4n) is 2.63. The van der Waals surface area contributed by atoms with Gasteiger partial charge in [-0.2, -0.15) is 0 Å². The number of piperidine rings is 1. The van der Waals surface area contributed by atoms with Gasteiger partial charge in [-0.15, -0.1) is 0 Å². The van der Waals surface area contributed by atoms with E-state index in [1.54, 1.807) is 0 Å². The van der Waals surface area contributed by atoms with Crippen molar-refractivity contribution in [3.8, 4) is 0 Å². The van der Waals surface area contributed by atoms with Crippen LogP contribution in [0.25, 0.3) is 0 Å². The molecule has 1 aromatic rings. The number of hydrogen-bond acceptors (Lipinski definition) is 3. The molecule has 0 spiro atoms. The molecule has 1 aliphatic rings. The molecule has 0 amide bonds. The van der Waals surface area contributed by atoms with Crippen LogP contribution in [0.4, 0.5) is 0 Å². The van der Waals surface area contributed by atoms with Gasteiger partial charge >= 0.3 is 0 Å². The molecule has 1 heterocycles. The lowest BCUT2D eigenvalue weighted by Gasteiger charge is -2.30. The Bertz CT molecular complexity index is 374. The van der Waals surface area contributed by atoms with Crippen LogP contribution >= 0.6 is 11.6 Å². The summed E-state index contributed by atoms with van der Waals surface area (Å²) in [6, 6.07) is 8.42. The molecule has 0 saturated carbocycles. The van der Waals surface area contributed by atoms with E-state index >= 15 is 0 Å². The minimum atomic E-state index is -0.0902. The molecule has 0 bridgehead atoms. The molecule has 1 unspecified atom stereocenters. The summed E-state index contributed by atoms with van der Waals surface area (Å²) in [5.41, 5.74) is 1.28. The van der Waals surface area contributed by atoms with Gasteiger partial charge < -0.3 is 15.3 Å². The van der Waals surface area contributed by atoms with E-state index in [0.717, 1.165) is 43.9 Å². The third-order valence-corrected chi connectivity index (χ3v) is 4.16. The first-order valence-corrected chi connectivity index (χ1v) is 7.40. The Morgan fingerprint density at radius 1 is 1.32 bits per heavy atom. The second kappa shape index (κ2) is 7.25. The molecule has 3 nitrogen and oxygen atoms in total. The quantitative estimate of drug-likeness (QED) is 0.871. The Balaban J connectivity index is 1.84. The van der Waals surface area contributed by atoms with E-state index in [0.29, 0.717) is 6.04 Å². The molecule has 1 aliphatic heterocycles. The summed E-state index contributed by atoms with van der Waals surface area (Å²) in [5.74, 6) is 0. The number of benzene rings is 1. The first-order valence-electron chi connectivity index (χ1n) is 7.02. The molecule has 0 aromatic heterocycles. The number of nitrogens with one attached hydrogen (secondary N) is 1. The zero-order valence-corrected chi connectivity index (χ0v) is 12.2. The highest BCUT2D eigenvalue weighted by Crippen LogP contribution is 2.20. The number of nitrogens with zero attached hydrogens (tertiary/aromatic N) is 1. The Kier molecular flexibility index (Phi) is 5.64. The summed E-state index contributed by atoms with van der Waals surface area (Å²) in [7, 11) is 2.00. The van der Waals surface area contributed by atoms with Gasteiger partial charge in [-0.3, -0.25) is 0 Å². The normalized spacial score (nSPS) is 19.5. The van der Waals surface area contributed by atoms with Crippen molar-refractivity contribution < 1.29 is 5.11 Å². The van der Waals surface area contributed by atoms with Crippen LogP contribution < -0.4 is 5.32 Å². The fraction of sp³-hybridized carbons (Fsp3) is 0.600. The first-order chi connectivity index (χ1) is 9.19. The van der Waals surface area contributed by atoms with E-state index in [1.165, 1.54) is 5.56 Å². The van der Waals surface area contributed by atoms with Crippen molar-refractivity contribution >= 4 is 11.6 Å². The van der Waals surface area contributed by atoms with E-state index in [-0.39, 0.29) is 6.10 Å². The second-order valence-corrected chi connectivity index (χ2v) is 5.69. The van der Waals surface area contributed by atoms with Gasteiger partial charge in [0.15, 0.2) is 0 Å². The largest absolute Gasteiger partial charge is 0.393 e. The van der Waals surface area contributed by atoms with Gasteiger partial charge in [-0.25, -0.2) is 0 Å². The predicted molar refractivity (Wildman–Crippen MR) is 79.6 cm³/mol. The van der Waals surface area contributed by atoms with Gasteiger partial charge in [0.1, 0.15) is 0 Å². The molecule has 0 aliphatic carbocycles. The number of likely N-dealkylation sites (tertiary alicyclic amines) is 1. The molecular formula is C15H23ClN2O. The topological polar surface area (TPSA) is 35.5 Å². The lowest BCUT2D eigenvalue weighted by Crippen LogP contribution is -2.37. The van der Waals surface area contributed by atoms with Crippen molar-refractivity contribution in [1.82, 2.24) is 10.2 Å². The van der Waals surface area contributed by atoms with Crippen LogP contribution in [-0.4, -0.2) is 42.8 Å². The summed E-state index contributed by atoms with van der Waals surface area (Å²) in [6.45, 7) is 3.09. The molecule has 2 N–H and O–H groups in total. The first kappa shape index (κ1) is 14.8. The van der Waals surface area contributed by atoms with E-state index in [1.807, 2.05) is 19.2 Å². The average Bonchev–Trinajstić information content (AvgIpc) is 2.43. The number of aliphatic hydroxyl groups excluding tert-OH is 1. The molecule has 2 rings (SSSR count). The molecular weight excluding hydrogens is 260 g/mol. The predicted octanol–water partition coefficient (Wildman–Crippen LogP) is 2.45. The van der Waals surface area contributed by atoms with Gasteiger partial charge in [0.2, 0.25) is 0 Å². The van der Waals surface area contributed by atoms with Crippen LogP contribution in [-0.2, 0) is 0 Å². The Hall–Kier alpha value is -0.610. The monoisotopic (exact) mass is 282 g/mol. The minimum absolute atomic E-state index is 0.0902. The average molecular weight is 283 g/mol. The van der Waals surface area contributed by atoms with E-state index in [4.69, 9.17) is 11.6 Å². The summed E-state index contributed by atoms with van der Waals surface area (Å²) in [6.07, 6.45) is 2.80. The van der Waals surface area contributed by atoms with Crippen LogP contribution in [0.3, 0.4) is 0 Å². The maximum Gasteiger partial charge on any atom is 0.0564 e. The van der Waals surface area contributed by atoms with Crippen molar-refractivity contribution in [2.24, 2.45) is 0 Å². The van der Waals surface area contributed by atoms with Crippen LogP contribution in [0.5, 0.6) is 0 Å². The van der Waals surface area contributed by atoms with Crippen LogP contribution in [0, 0.1) is 0 Å². The number of halogens is 1. The molecule has 1 fully saturated rings. The SMILES string of the molecule is CNC(CCN1CCC(O)CC1)c1ccc(Cl)cc1. The summed E-state index contributed by atoms with van der Waals surface area (Å²) in [4.78, 5) is 2.44. The number of rotatable bonds is 5. The molecule has 1 aromatic carbocycles. The molecule has 0 radical (unpaired) electrons. The standard InChI is InChI=1S/C15H23ClN2O/c1-17-15(12-2-4-13(16)5-3-12)8-11-18-9-6-14(19)7-10-18/h2-5,14-15,17,19H,6-11H2,1H3. The van der Waals surface area contributed by atoms with Gasteiger partial charge in [0.25, 0.3) is 0 Å². The third kappa shape index (κ3) is 4.46. The highest BCUT2D eigenvalue weighted by Gasteiger charge is 2.18. The van der Waals surface area contributed by atoms with Crippen molar-refractivity contribution in [3.63, 3.8) is 0 Å². The highest BCUT2D eigenvalue weighted by atomic mass is 35.5. The van der Waals surface area contributed by atoms with Gasteiger partial charge in [0, 0.05) is 24.2 Å². The van der Waals surface area contributed by atoms with Crippen LogP contribution in [0.1, 0.15) is 30.9 Å². The summed E-state index contributed by atoms with van der Waals surface area (Å²) < 4.78 is 0. The Labute approximate surface area is 120 Å². The molecule has 1 atom stereocenters. The lowest BCUT2D eigenvalue weighted by atomic mass is 10.0. The minimum Gasteiger partial charge on any atom is -0.393 e. The maximum atomic E-state index is 9.50. The Morgan fingerprint density at radius 2 is 1.95 bits per heavy atom. The van der Waals surface area contributed by atoms with Crippen molar-refractivity contribution in [2.45, 2.75) is 31.4 Å². The fourth-order valence-corrected chi connectivity index (χ4v) is 2.75. The maximum absolute atomic E-state index is 9.50. The third-order valence-electron chi connectivity index (χ3n) is 3.91. The summed E-state index contributed by atoms with van der Waals surface area (Å²) in [5, 5.41) is 13.7. The van der Waals surface area contributed by atoms with Crippen molar-refractivity contribution in [2.75, 3.05) is 26.7 Å². The zero-order chi connectivity index (χ0) is 13.7. The van der Waals surface area contributed by atoms with Crippen molar-refractivity contribution in [3.05, 3.63) is 34.9 Å². The second-order valence-electron chi connectivity index (χ2n) is 5.25. The van der Waals surface area contributed by atoms with Gasteiger partial charge in [-0.1, -0.05) is 23.7 Å². The van der Waals surface area contributed by atoms with Crippen molar-refractivity contribution in [1.29, 1.82) is 0 Å². The zero-order valence-electron chi connectivity index (χ0n) is 11.5. The summed E-state index contributed by atoms with van der Waals surface area (Å²) >= 11 is 5.92. The smallest absolute Gasteiger partial charge is 0.0564 e. The van der Waals surface area contributed by atoms with Gasteiger partial charge in [-0.05, 0) is 50.6 Å². The van der Waals surface area contributed by atoms with E-state index in [2.05, 4.69) is 22.3 Å².